The van der Waals surface area contributed by atoms with Gasteiger partial charge in [0.15, 0.2) is 0 Å². The predicted octanol–water partition coefficient (Wildman–Crippen LogP) is 5.88. The number of benzene rings is 2. The van der Waals surface area contributed by atoms with E-state index < -0.39 is 5.97 Å². The maximum atomic E-state index is 11.5. The van der Waals surface area contributed by atoms with Crippen molar-refractivity contribution in [3.05, 3.63) is 74.7 Å². The molecule has 1 heterocycles. The zero-order valence-corrected chi connectivity index (χ0v) is 16.9. The standard InChI is InChI=1S/C20H13Cl2N3O2S/c1-27-20(26)12-2-5-15(6-3-12)24-10-13(9-23)19-25-18(11-28-19)16-7-4-14(21)8-17(16)22/h2-8,10-11,24H,1H3. The number of halogens is 2. The van der Waals surface area contributed by atoms with Crippen molar-refractivity contribution in [3.8, 4) is 17.3 Å². The second-order valence-corrected chi connectivity index (χ2v) is 7.25. The van der Waals surface area contributed by atoms with E-state index >= 15 is 0 Å². The number of nitriles is 1. The maximum Gasteiger partial charge on any atom is 0.337 e. The van der Waals surface area contributed by atoms with Gasteiger partial charge in [-0.05, 0) is 42.5 Å². The molecule has 5 nitrogen and oxygen atoms in total. The highest BCUT2D eigenvalue weighted by molar-refractivity contribution is 7.11. The molecule has 28 heavy (non-hydrogen) atoms. The topological polar surface area (TPSA) is 75.0 Å². The van der Waals surface area contributed by atoms with Crippen LogP contribution in [0.1, 0.15) is 15.4 Å². The third-order valence-electron chi connectivity index (χ3n) is 3.75. The minimum Gasteiger partial charge on any atom is -0.465 e. The second kappa shape index (κ2) is 8.89. The lowest BCUT2D eigenvalue weighted by molar-refractivity contribution is 0.0601. The Kier molecular flexibility index (Phi) is 6.32. The van der Waals surface area contributed by atoms with Gasteiger partial charge in [-0.3, -0.25) is 0 Å². The van der Waals surface area contributed by atoms with Crippen LogP contribution in [0, 0.1) is 11.3 Å². The van der Waals surface area contributed by atoms with Crippen LogP contribution in [0.4, 0.5) is 5.69 Å². The summed E-state index contributed by atoms with van der Waals surface area (Å²) in [6, 6.07) is 14.0. The fourth-order valence-corrected chi connectivity index (χ4v) is 3.63. The average Bonchev–Trinajstić information content (AvgIpc) is 3.18. The summed E-state index contributed by atoms with van der Waals surface area (Å²) in [4.78, 5) is 16.0. The number of methoxy groups -OCH3 is 1. The van der Waals surface area contributed by atoms with Gasteiger partial charge in [-0.25, -0.2) is 9.78 Å². The Hall–Kier alpha value is -2.85. The quantitative estimate of drug-likeness (QED) is 0.404. The van der Waals surface area contributed by atoms with Crippen LogP contribution in [0.15, 0.2) is 54.0 Å². The molecule has 3 rings (SSSR count). The number of nitrogens with zero attached hydrogens (tertiary/aromatic N) is 2. The molecule has 2 aromatic carbocycles. The summed E-state index contributed by atoms with van der Waals surface area (Å²) in [6.07, 6.45) is 1.57. The fraction of sp³-hybridized carbons (Fsp3) is 0.0500. The molecule has 0 saturated carbocycles. The van der Waals surface area contributed by atoms with E-state index in [0.717, 1.165) is 11.3 Å². The molecule has 0 amide bonds. The number of carbonyl (C=O) groups excluding carboxylic acids is 1. The molecule has 1 aromatic heterocycles. The van der Waals surface area contributed by atoms with E-state index in [1.807, 2.05) is 5.38 Å². The molecular formula is C20H13Cl2N3O2S. The summed E-state index contributed by atoms with van der Waals surface area (Å²) >= 11 is 13.5. The number of thiazole rings is 1. The van der Waals surface area contributed by atoms with E-state index in [9.17, 15) is 10.1 Å². The van der Waals surface area contributed by atoms with Gasteiger partial charge in [0.05, 0.1) is 23.4 Å². The molecule has 0 spiro atoms. The minimum absolute atomic E-state index is 0.374. The third kappa shape index (κ3) is 4.52. The fourth-order valence-electron chi connectivity index (χ4n) is 2.34. The van der Waals surface area contributed by atoms with Crippen molar-refractivity contribution in [1.82, 2.24) is 4.98 Å². The molecule has 1 N–H and O–H groups in total. The van der Waals surface area contributed by atoms with Gasteiger partial charge in [-0.2, -0.15) is 5.26 Å². The molecule has 0 aliphatic rings. The first kappa shape index (κ1) is 19.9. The Morgan fingerprint density at radius 3 is 2.64 bits per heavy atom. The highest BCUT2D eigenvalue weighted by Gasteiger charge is 2.12. The molecule has 0 saturated heterocycles. The Morgan fingerprint density at radius 1 is 1.25 bits per heavy atom. The number of hydrogen-bond donors (Lipinski definition) is 1. The van der Waals surface area contributed by atoms with E-state index in [1.165, 1.54) is 18.4 Å². The average molecular weight is 430 g/mol. The molecule has 0 bridgehead atoms. The number of anilines is 1. The molecule has 3 aromatic rings. The number of nitrogens with one attached hydrogen (secondary N) is 1. The first-order valence-electron chi connectivity index (χ1n) is 7.98. The van der Waals surface area contributed by atoms with Crippen LogP contribution in [-0.4, -0.2) is 18.1 Å². The van der Waals surface area contributed by atoms with Gasteiger partial charge in [-0.15, -0.1) is 11.3 Å². The summed E-state index contributed by atoms with van der Waals surface area (Å²) in [5, 5.41) is 15.9. The minimum atomic E-state index is -0.406. The highest BCUT2D eigenvalue weighted by Crippen LogP contribution is 2.32. The van der Waals surface area contributed by atoms with Crippen LogP contribution < -0.4 is 5.32 Å². The van der Waals surface area contributed by atoms with E-state index in [4.69, 9.17) is 23.2 Å². The Morgan fingerprint density at radius 2 is 2.00 bits per heavy atom. The largest absolute Gasteiger partial charge is 0.465 e. The Labute approximate surface area is 175 Å². The van der Waals surface area contributed by atoms with Gasteiger partial charge in [0.2, 0.25) is 0 Å². The maximum absolute atomic E-state index is 11.5. The van der Waals surface area contributed by atoms with Gasteiger partial charge < -0.3 is 10.1 Å². The zero-order valence-electron chi connectivity index (χ0n) is 14.6. The van der Waals surface area contributed by atoms with E-state index in [0.29, 0.717) is 31.9 Å². The molecule has 0 fully saturated rings. The lowest BCUT2D eigenvalue weighted by atomic mass is 10.2. The molecule has 8 heteroatoms. The van der Waals surface area contributed by atoms with Gasteiger partial charge in [-0.1, -0.05) is 23.2 Å². The first-order valence-corrected chi connectivity index (χ1v) is 9.62. The number of rotatable bonds is 5. The number of esters is 1. The first-order chi connectivity index (χ1) is 13.5. The van der Waals surface area contributed by atoms with Crippen LogP contribution in [0.25, 0.3) is 16.8 Å². The lowest BCUT2D eigenvalue weighted by Gasteiger charge is -2.03. The van der Waals surface area contributed by atoms with Crippen LogP contribution >= 0.6 is 34.5 Å². The summed E-state index contributed by atoms with van der Waals surface area (Å²) in [6.45, 7) is 0. The second-order valence-electron chi connectivity index (χ2n) is 5.55. The van der Waals surface area contributed by atoms with Gasteiger partial charge >= 0.3 is 5.97 Å². The molecule has 0 unspecified atom stereocenters. The number of aromatic nitrogens is 1. The summed E-state index contributed by atoms with van der Waals surface area (Å²) in [5.41, 5.74) is 2.96. The van der Waals surface area contributed by atoms with Gasteiger partial charge in [0, 0.05) is 27.9 Å². The third-order valence-corrected chi connectivity index (χ3v) is 5.17. The molecular weight excluding hydrogens is 417 g/mol. The van der Waals surface area contributed by atoms with Gasteiger partial charge in [0.25, 0.3) is 0 Å². The normalized spacial score (nSPS) is 11.0. The number of hydrogen-bond acceptors (Lipinski definition) is 6. The monoisotopic (exact) mass is 429 g/mol. The molecule has 0 aliphatic carbocycles. The SMILES string of the molecule is COC(=O)c1ccc(NC=C(C#N)c2nc(-c3ccc(Cl)cc3Cl)cs2)cc1. The van der Waals surface area contributed by atoms with Crippen LogP contribution in [0.5, 0.6) is 0 Å². The summed E-state index contributed by atoms with van der Waals surface area (Å²) < 4.78 is 4.67. The molecule has 0 radical (unpaired) electrons. The van der Waals surface area contributed by atoms with Crippen molar-refractivity contribution in [2.24, 2.45) is 0 Å². The summed E-state index contributed by atoms with van der Waals surface area (Å²) in [5.74, 6) is -0.406. The number of ether oxygens (including phenoxy) is 1. The molecule has 140 valence electrons. The van der Waals surface area contributed by atoms with Crippen LogP contribution in [0.2, 0.25) is 10.0 Å². The van der Waals surface area contributed by atoms with Crippen LogP contribution in [-0.2, 0) is 4.74 Å². The van der Waals surface area contributed by atoms with Crippen molar-refractivity contribution < 1.29 is 9.53 Å². The van der Waals surface area contributed by atoms with Crippen molar-refractivity contribution in [2.45, 2.75) is 0 Å². The molecule has 0 aliphatic heterocycles. The van der Waals surface area contributed by atoms with Gasteiger partial charge in [0.1, 0.15) is 16.6 Å². The van der Waals surface area contributed by atoms with E-state index in [1.54, 1.807) is 48.7 Å². The van der Waals surface area contributed by atoms with E-state index in [2.05, 4.69) is 21.1 Å². The van der Waals surface area contributed by atoms with Crippen molar-refractivity contribution >= 4 is 51.8 Å². The highest BCUT2D eigenvalue weighted by atomic mass is 35.5. The summed E-state index contributed by atoms with van der Waals surface area (Å²) in [7, 11) is 1.33. The zero-order chi connectivity index (χ0) is 20.1. The number of carbonyl (C=O) groups is 1. The van der Waals surface area contributed by atoms with Crippen molar-refractivity contribution in [1.29, 1.82) is 5.26 Å². The van der Waals surface area contributed by atoms with E-state index in [-0.39, 0.29) is 0 Å². The Bertz CT molecular complexity index is 1090. The van der Waals surface area contributed by atoms with Crippen molar-refractivity contribution in [2.75, 3.05) is 12.4 Å². The smallest absolute Gasteiger partial charge is 0.337 e. The Balaban J connectivity index is 1.79. The van der Waals surface area contributed by atoms with Crippen molar-refractivity contribution in [3.63, 3.8) is 0 Å². The van der Waals surface area contributed by atoms with Crippen LogP contribution in [0.3, 0.4) is 0 Å². The predicted molar refractivity (Wildman–Crippen MR) is 113 cm³/mol. The molecule has 0 atom stereocenters. The lowest BCUT2D eigenvalue weighted by Crippen LogP contribution is -2.00. The number of allylic oxidation sites excluding steroid dienone is 1.